The Hall–Kier alpha value is -2.69. The molecule has 4 rings (SSSR count). The number of hydrogen-bond donors (Lipinski definition) is 2. The Labute approximate surface area is 218 Å². The summed E-state index contributed by atoms with van der Waals surface area (Å²) in [6.07, 6.45) is 5.42. The van der Waals surface area contributed by atoms with Crippen LogP contribution >= 0.6 is 11.6 Å². The molecule has 1 aliphatic rings. The molecule has 36 heavy (non-hydrogen) atoms. The molecule has 2 N–H and O–H groups in total. The predicted molar refractivity (Wildman–Crippen MR) is 145 cm³/mol. The van der Waals surface area contributed by atoms with Gasteiger partial charge in [0.25, 0.3) is 0 Å². The van der Waals surface area contributed by atoms with E-state index in [4.69, 9.17) is 11.6 Å². The lowest BCUT2D eigenvalue weighted by atomic mass is 9.86. The molecule has 0 atom stereocenters. The van der Waals surface area contributed by atoms with Crippen LogP contribution in [0, 0.1) is 13.8 Å². The summed E-state index contributed by atoms with van der Waals surface area (Å²) in [6, 6.07) is 4.41. The maximum Gasteiger partial charge on any atom is 0.229 e. The number of nitrogens with one attached hydrogen (secondary N) is 2. The molecule has 1 fully saturated rings. The highest BCUT2D eigenvalue weighted by Crippen LogP contribution is 2.34. The first-order valence-electron chi connectivity index (χ1n) is 12.1. The SMILES string of the molecule is Cc1cc(C2CCN(C)CC2)c(C)cc1Nc1ncc(Cl)c(Nc2cn(C)nc2S(=O)(=O)C(C)C)n1. The fraction of sp³-hybridized carbons (Fsp3) is 0.480. The van der Waals surface area contributed by atoms with Gasteiger partial charge in [-0.1, -0.05) is 17.7 Å². The van der Waals surface area contributed by atoms with Crippen molar-refractivity contribution in [3.05, 3.63) is 46.2 Å². The van der Waals surface area contributed by atoms with Crippen molar-refractivity contribution in [3.8, 4) is 0 Å². The van der Waals surface area contributed by atoms with Crippen LogP contribution in [0.25, 0.3) is 0 Å². The quantitative estimate of drug-likeness (QED) is 0.441. The number of piperidine rings is 1. The molecule has 9 nitrogen and oxygen atoms in total. The summed E-state index contributed by atoms with van der Waals surface area (Å²) < 4.78 is 27.0. The number of nitrogens with zero attached hydrogens (tertiary/aromatic N) is 5. The van der Waals surface area contributed by atoms with E-state index in [1.54, 1.807) is 27.1 Å². The average Bonchev–Trinajstić information content (AvgIpc) is 3.19. The average molecular weight is 532 g/mol. The van der Waals surface area contributed by atoms with Crippen LogP contribution in [-0.2, 0) is 16.9 Å². The highest BCUT2D eigenvalue weighted by molar-refractivity contribution is 7.92. The van der Waals surface area contributed by atoms with Crippen LogP contribution in [0.1, 0.15) is 49.3 Å². The molecule has 0 amide bonds. The van der Waals surface area contributed by atoms with Crippen molar-refractivity contribution >= 4 is 44.6 Å². The Kier molecular flexibility index (Phi) is 7.59. The van der Waals surface area contributed by atoms with E-state index in [0.29, 0.717) is 23.4 Å². The second-order valence-corrected chi connectivity index (χ2v) is 12.7. The van der Waals surface area contributed by atoms with Gasteiger partial charge in [-0.05, 0) is 89.3 Å². The lowest BCUT2D eigenvalue weighted by Gasteiger charge is -2.30. The van der Waals surface area contributed by atoms with Gasteiger partial charge >= 0.3 is 0 Å². The van der Waals surface area contributed by atoms with Crippen LogP contribution in [0.2, 0.25) is 5.02 Å². The maximum absolute atomic E-state index is 12.8. The van der Waals surface area contributed by atoms with Gasteiger partial charge in [0, 0.05) is 18.9 Å². The van der Waals surface area contributed by atoms with Gasteiger partial charge in [0.15, 0.2) is 5.82 Å². The van der Waals surface area contributed by atoms with Crippen LogP contribution in [0.4, 0.5) is 23.1 Å². The van der Waals surface area contributed by atoms with Gasteiger partial charge in [-0.25, -0.2) is 13.4 Å². The van der Waals surface area contributed by atoms with Gasteiger partial charge < -0.3 is 15.5 Å². The largest absolute Gasteiger partial charge is 0.335 e. The molecule has 11 heteroatoms. The summed E-state index contributed by atoms with van der Waals surface area (Å²) in [5.41, 5.74) is 4.99. The van der Waals surface area contributed by atoms with E-state index in [0.717, 1.165) is 24.3 Å². The van der Waals surface area contributed by atoms with Crippen molar-refractivity contribution in [2.24, 2.45) is 7.05 Å². The number of rotatable bonds is 7. The second kappa shape index (κ2) is 10.4. The third-order valence-corrected chi connectivity index (χ3v) is 9.06. The van der Waals surface area contributed by atoms with Gasteiger partial charge in [-0.15, -0.1) is 0 Å². The number of halogens is 1. The molecule has 0 spiro atoms. The van der Waals surface area contributed by atoms with Crippen molar-refractivity contribution < 1.29 is 8.42 Å². The first-order valence-corrected chi connectivity index (χ1v) is 14.0. The van der Waals surface area contributed by atoms with Crippen molar-refractivity contribution in [1.82, 2.24) is 24.6 Å². The van der Waals surface area contributed by atoms with Crippen molar-refractivity contribution in [2.45, 2.75) is 56.7 Å². The predicted octanol–water partition coefficient (Wildman–Crippen LogP) is 4.96. The lowest BCUT2D eigenvalue weighted by molar-refractivity contribution is 0.255. The van der Waals surface area contributed by atoms with E-state index in [2.05, 4.69) is 63.6 Å². The number of aryl methyl sites for hydroxylation is 3. The van der Waals surface area contributed by atoms with E-state index in [1.165, 1.54) is 34.8 Å². The summed E-state index contributed by atoms with van der Waals surface area (Å²) in [5.74, 6) is 1.22. The summed E-state index contributed by atoms with van der Waals surface area (Å²) in [6.45, 7) is 9.70. The fourth-order valence-corrected chi connectivity index (χ4v) is 5.72. The number of hydrogen-bond acceptors (Lipinski definition) is 8. The normalized spacial score (nSPS) is 15.4. The molecule has 1 aliphatic heterocycles. The topological polar surface area (TPSA) is 105 Å². The minimum atomic E-state index is -3.60. The number of likely N-dealkylation sites (tertiary alicyclic amines) is 1. The number of sulfone groups is 1. The van der Waals surface area contributed by atoms with Crippen molar-refractivity contribution in [1.29, 1.82) is 0 Å². The maximum atomic E-state index is 12.8. The van der Waals surface area contributed by atoms with Crippen LogP contribution in [-0.4, -0.2) is 58.5 Å². The summed E-state index contributed by atoms with van der Waals surface area (Å²) in [4.78, 5) is 11.2. The molecule has 0 unspecified atom stereocenters. The molecule has 2 aromatic heterocycles. The van der Waals surface area contributed by atoms with Gasteiger partial charge in [0.05, 0.1) is 17.1 Å². The molecule has 0 aliphatic carbocycles. The zero-order valence-corrected chi connectivity index (χ0v) is 23.2. The standard InChI is InChI=1S/C25H34ClN7O2S/c1-15(2)36(34,35)24-22(14-33(6)31-24)28-23-20(26)13-27-25(30-23)29-21-12-16(3)19(11-17(21)4)18-7-9-32(5)10-8-18/h11-15,18H,7-10H2,1-6H3,(H2,27,28,29,30). The molecule has 0 saturated carbocycles. The zero-order valence-electron chi connectivity index (χ0n) is 21.6. The second-order valence-electron chi connectivity index (χ2n) is 9.86. The molecule has 0 bridgehead atoms. The van der Waals surface area contributed by atoms with E-state index < -0.39 is 15.1 Å². The Morgan fingerprint density at radius 3 is 2.42 bits per heavy atom. The molecule has 3 heterocycles. The van der Waals surface area contributed by atoms with Crippen LogP contribution in [0.5, 0.6) is 0 Å². The molecule has 194 valence electrons. The van der Waals surface area contributed by atoms with E-state index in [9.17, 15) is 8.42 Å². The van der Waals surface area contributed by atoms with Gasteiger partial charge in [-0.2, -0.15) is 10.1 Å². The Morgan fingerprint density at radius 2 is 1.75 bits per heavy atom. The Morgan fingerprint density at radius 1 is 1.06 bits per heavy atom. The van der Waals surface area contributed by atoms with E-state index >= 15 is 0 Å². The van der Waals surface area contributed by atoms with Crippen LogP contribution < -0.4 is 10.6 Å². The number of anilines is 4. The minimum absolute atomic E-state index is 0.0415. The zero-order chi connectivity index (χ0) is 26.2. The van der Waals surface area contributed by atoms with E-state index in [1.807, 2.05) is 0 Å². The smallest absolute Gasteiger partial charge is 0.229 e. The van der Waals surface area contributed by atoms with Gasteiger partial charge in [0.1, 0.15) is 5.02 Å². The van der Waals surface area contributed by atoms with Gasteiger partial charge in [0.2, 0.25) is 20.8 Å². The summed E-state index contributed by atoms with van der Waals surface area (Å²) in [7, 11) is 0.237. The number of aromatic nitrogens is 4. The van der Waals surface area contributed by atoms with Crippen LogP contribution in [0.3, 0.4) is 0 Å². The van der Waals surface area contributed by atoms with Crippen molar-refractivity contribution in [3.63, 3.8) is 0 Å². The Bertz CT molecular complexity index is 1360. The third-order valence-electron chi connectivity index (χ3n) is 6.70. The molecule has 1 aromatic carbocycles. The molecular weight excluding hydrogens is 498 g/mol. The third kappa shape index (κ3) is 5.50. The monoisotopic (exact) mass is 531 g/mol. The highest BCUT2D eigenvalue weighted by Gasteiger charge is 2.27. The molecule has 3 aromatic rings. The first kappa shape index (κ1) is 26.4. The number of benzene rings is 1. The summed E-state index contributed by atoms with van der Waals surface area (Å²) in [5, 5.41) is 10.1. The Balaban J connectivity index is 1.59. The first-order chi connectivity index (χ1) is 17.0. The fourth-order valence-electron chi connectivity index (χ4n) is 4.48. The summed E-state index contributed by atoms with van der Waals surface area (Å²) >= 11 is 6.36. The minimum Gasteiger partial charge on any atom is -0.335 e. The lowest BCUT2D eigenvalue weighted by Crippen LogP contribution is -2.29. The van der Waals surface area contributed by atoms with Gasteiger partial charge in [-0.3, -0.25) is 4.68 Å². The van der Waals surface area contributed by atoms with Crippen molar-refractivity contribution in [2.75, 3.05) is 30.8 Å². The highest BCUT2D eigenvalue weighted by atomic mass is 35.5. The molecular formula is C25H34ClN7O2S. The molecule has 0 radical (unpaired) electrons. The van der Waals surface area contributed by atoms with E-state index in [-0.39, 0.29) is 10.0 Å². The molecule has 1 saturated heterocycles. The van der Waals surface area contributed by atoms with Crippen LogP contribution in [0.15, 0.2) is 29.6 Å².